The Bertz CT molecular complexity index is 617. The van der Waals surface area contributed by atoms with Gasteiger partial charge in [-0.15, -0.1) is 11.3 Å². The van der Waals surface area contributed by atoms with E-state index in [1.807, 2.05) is 36.4 Å². The molecule has 0 fully saturated rings. The number of carbonyl (C=O) groups is 1. The molecule has 2 rings (SSSR count). The highest BCUT2D eigenvalue weighted by Gasteiger charge is 2.14. The Morgan fingerprint density at radius 2 is 1.91 bits per heavy atom. The van der Waals surface area contributed by atoms with Crippen LogP contribution >= 0.6 is 22.9 Å². The van der Waals surface area contributed by atoms with Gasteiger partial charge in [0.05, 0.1) is 4.88 Å². The van der Waals surface area contributed by atoms with Crippen LogP contribution in [0, 0.1) is 0 Å². The van der Waals surface area contributed by atoms with Crippen molar-refractivity contribution in [3.63, 3.8) is 0 Å². The van der Waals surface area contributed by atoms with E-state index in [-0.39, 0.29) is 11.9 Å². The molecule has 1 amide bonds. The summed E-state index contributed by atoms with van der Waals surface area (Å²) in [6, 6.07) is 11.9. The van der Waals surface area contributed by atoms with Crippen molar-refractivity contribution in [2.45, 2.75) is 45.6 Å². The summed E-state index contributed by atoms with van der Waals surface area (Å²) in [4.78, 5) is 14.2. The lowest BCUT2D eigenvalue weighted by atomic mass is 10.1. The van der Waals surface area contributed by atoms with E-state index >= 15 is 0 Å². The van der Waals surface area contributed by atoms with Gasteiger partial charge >= 0.3 is 0 Å². The number of rotatable bonds is 7. The molecule has 0 saturated carbocycles. The molecule has 1 N–H and O–H groups in total. The second-order valence-corrected chi connectivity index (χ2v) is 6.94. The second-order valence-electron chi connectivity index (χ2n) is 5.42. The Kier molecular flexibility index (Phi) is 6.47. The van der Waals surface area contributed by atoms with E-state index in [0.29, 0.717) is 5.02 Å². The Morgan fingerprint density at radius 3 is 2.55 bits per heavy atom. The summed E-state index contributed by atoms with van der Waals surface area (Å²) in [5.41, 5.74) is 1.05. The van der Waals surface area contributed by atoms with Gasteiger partial charge in [0.1, 0.15) is 0 Å². The molecule has 0 spiro atoms. The quantitative estimate of drug-likeness (QED) is 0.684. The van der Waals surface area contributed by atoms with Crippen molar-refractivity contribution < 1.29 is 4.79 Å². The molecule has 0 radical (unpaired) electrons. The zero-order valence-corrected chi connectivity index (χ0v) is 14.6. The summed E-state index contributed by atoms with van der Waals surface area (Å²) in [6.45, 7) is 4.30. The monoisotopic (exact) mass is 335 g/mol. The number of thiophene rings is 1. The van der Waals surface area contributed by atoms with Gasteiger partial charge in [-0.1, -0.05) is 50.4 Å². The van der Waals surface area contributed by atoms with Crippen LogP contribution in [0.4, 0.5) is 0 Å². The first-order valence-corrected chi connectivity index (χ1v) is 9.00. The van der Waals surface area contributed by atoms with E-state index in [2.05, 4.69) is 19.2 Å². The molecule has 2 nitrogen and oxygen atoms in total. The van der Waals surface area contributed by atoms with Crippen molar-refractivity contribution in [2.75, 3.05) is 0 Å². The van der Waals surface area contributed by atoms with Gasteiger partial charge < -0.3 is 5.32 Å². The molecule has 118 valence electrons. The maximum atomic E-state index is 12.4. The van der Waals surface area contributed by atoms with Crippen molar-refractivity contribution >= 4 is 28.8 Å². The SMILES string of the molecule is CCCC(CCC)NC(=O)c1ccc(-c2cccc(Cl)c2)s1. The lowest BCUT2D eigenvalue weighted by Crippen LogP contribution is -2.34. The second kappa shape index (κ2) is 8.35. The molecule has 4 heteroatoms. The molecule has 0 aliphatic heterocycles. The number of hydrogen-bond acceptors (Lipinski definition) is 2. The van der Waals surface area contributed by atoms with Crippen LogP contribution in [0.2, 0.25) is 5.02 Å². The lowest BCUT2D eigenvalue weighted by Gasteiger charge is -2.16. The highest BCUT2D eigenvalue weighted by atomic mass is 35.5. The standard InChI is InChI=1S/C18H22ClNOS/c1-3-6-15(7-4-2)20-18(21)17-11-10-16(22-17)13-8-5-9-14(19)12-13/h5,8-12,15H,3-4,6-7H2,1-2H3,(H,20,21). The highest BCUT2D eigenvalue weighted by molar-refractivity contribution is 7.17. The summed E-state index contributed by atoms with van der Waals surface area (Å²) in [7, 11) is 0. The van der Waals surface area contributed by atoms with E-state index in [0.717, 1.165) is 41.0 Å². The predicted molar refractivity (Wildman–Crippen MR) is 95.8 cm³/mol. The van der Waals surface area contributed by atoms with Crippen molar-refractivity contribution in [1.82, 2.24) is 5.32 Å². The molecule has 0 aliphatic carbocycles. The first kappa shape index (κ1) is 17.0. The number of amides is 1. The highest BCUT2D eigenvalue weighted by Crippen LogP contribution is 2.29. The maximum absolute atomic E-state index is 12.4. The molecule has 0 bridgehead atoms. The zero-order valence-electron chi connectivity index (χ0n) is 13.1. The van der Waals surface area contributed by atoms with Crippen molar-refractivity contribution in [3.8, 4) is 10.4 Å². The zero-order chi connectivity index (χ0) is 15.9. The van der Waals surface area contributed by atoms with Crippen LogP contribution in [-0.4, -0.2) is 11.9 Å². The molecule has 0 atom stereocenters. The van der Waals surface area contributed by atoms with Gasteiger partial charge in [0.2, 0.25) is 0 Å². The molecular weight excluding hydrogens is 314 g/mol. The van der Waals surface area contributed by atoms with Crippen LogP contribution in [0.15, 0.2) is 36.4 Å². The third-order valence-corrected chi connectivity index (χ3v) is 4.92. The smallest absolute Gasteiger partial charge is 0.261 e. The Balaban J connectivity index is 2.08. The summed E-state index contributed by atoms with van der Waals surface area (Å²) < 4.78 is 0. The largest absolute Gasteiger partial charge is 0.349 e. The van der Waals surface area contributed by atoms with E-state index in [4.69, 9.17) is 11.6 Å². The summed E-state index contributed by atoms with van der Waals surface area (Å²) in [5, 5.41) is 3.87. The fourth-order valence-corrected chi connectivity index (χ4v) is 3.59. The van der Waals surface area contributed by atoms with Crippen molar-refractivity contribution in [3.05, 3.63) is 46.3 Å². The Hall–Kier alpha value is -1.32. The summed E-state index contributed by atoms with van der Waals surface area (Å²) in [6.07, 6.45) is 4.24. The van der Waals surface area contributed by atoms with Crippen LogP contribution in [0.3, 0.4) is 0 Å². The molecule has 22 heavy (non-hydrogen) atoms. The van der Waals surface area contributed by atoms with Crippen LogP contribution in [0.5, 0.6) is 0 Å². The topological polar surface area (TPSA) is 29.1 Å². The van der Waals surface area contributed by atoms with Gasteiger partial charge in [-0.25, -0.2) is 0 Å². The van der Waals surface area contributed by atoms with Gasteiger partial charge in [0.25, 0.3) is 5.91 Å². The number of benzene rings is 1. The van der Waals surface area contributed by atoms with Gasteiger partial charge in [-0.05, 0) is 42.7 Å². The Labute approximate surface area is 141 Å². The molecule has 1 heterocycles. The molecule has 2 aromatic rings. The van der Waals surface area contributed by atoms with Crippen LogP contribution in [0.25, 0.3) is 10.4 Å². The number of nitrogens with one attached hydrogen (secondary N) is 1. The summed E-state index contributed by atoms with van der Waals surface area (Å²) in [5.74, 6) is 0.0326. The lowest BCUT2D eigenvalue weighted by molar-refractivity contribution is 0.0936. The van der Waals surface area contributed by atoms with Crippen LogP contribution in [-0.2, 0) is 0 Å². The first-order chi connectivity index (χ1) is 10.6. The average molecular weight is 336 g/mol. The van der Waals surface area contributed by atoms with Crippen LogP contribution < -0.4 is 5.32 Å². The van der Waals surface area contributed by atoms with E-state index in [1.165, 1.54) is 11.3 Å². The predicted octanol–water partition coefficient (Wildman–Crippen LogP) is 5.77. The average Bonchev–Trinajstić information content (AvgIpc) is 2.97. The minimum absolute atomic E-state index is 0.0326. The minimum atomic E-state index is 0.0326. The third-order valence-electron chi connectivity index (χ3n) is 3.55. The third kappa shape index (κ3) is 4.59. The molecule has 0 saturated heterocycles. The van der Waals surface area contributed by atoms with Crippen molar-refractivity contribution in [1.29, 1.82) is 0 Å². The molecule has 1 aromatic heterocycles. The molecule has 1 aromatic carbocycles. The van der Waals surface area contributed by atoms with Crippen molar-refractivity contribution in [2.24, 2.45) is 0 Å². The minimum Gasteiger partial charge on any atom is -0.349 e. The number of halogens is 1. The fourth-order valence-electron chi connectivity index (χ4n) is 2.50. The van der Waals surface area contributed by atoms with Crippen LogP contribution in [0.1, 0.15) is 49.2 Å². The molecular formula is C18H22ClNOS. The number of carbonyl (C=O) groups excluding carboxylic acids is 1. The van der Waals surface area contributed by atoms with E-state index < -0.39 is 0 Å². The van der Waals surface area contributed by atoms with Gasteiger partial charge in [0.15, 0.2) is 0 Å². The number of hydrogen-bond donors (Lipinski definition) is 1. The van der Waals surface area contributed by atoms with E-state index in [9.17, 15) is 4.79 Å². The van der Waals surface area contributed by atoms with E-state index in [1.54, 1.807) is 0 Å². The van der Waals surface area contributed by atoms with Gasteiger partial charge in [-0.2, -0.15) is 0 Å². The Morgan fingerprint density at radius 1 is 1.18 bits per heavy atom. The van der Waals surface area contributed by atoms with Gasteiger partial charge in [-0.3, -0.25) is 4.79 Å². The normalized spacial score (nSPS) is 10.9. The fraction of sp³-hybridized carbons (Fsp3) is 0.389. The molecule has 0 unspecified atom stereocenters. The summed E-state index contributed by atoms with van der Waals surface area (Å²) >= 11 is 7.54. The maximum Gasteiger partial charge on any atom is 0.261 e. The molecule has 0 aliphatic rings. The first-order valence-electron chi connectivity index (χ1n) is 7.80. The van der Waals surface area contributed by atoms with Gasteiger partial charge in [0, 0.05) is 15.9 Å².